The lowest BCUT2D eigenvalue weighted by molar-refractivity contribution is 0.181. The smallest absolute Gasteiger partial charge is 0.0223 e. The van der Waals surface area contributed by atoms with Crippen LogP contribution in [0.2, 0.25) is 0 Å². The van der Waals surface area contributed by atoms with Crippen LogP contribution in [-0.4, -0.2) is 54.9 Å². The Morgan fingerprint density at radius 3 is 2.67 bits per heavy atom. The predicted octanol–water partition coefficient (Wildman–Crippen LogP) is 2.19. The fourth-order valence-electron chi connectivity index (χ4n) is 2.67. The molecule has 0 aromatic carbocycles. The average molecular weight is 275 g/mol. The first-order chi connectivity index (χ1) is 7.15. The van der Waals surface area contributed by atoms with Crippen molar-refractivity contribution in [2.24, 2.45) is 5.41 Å². The van der Waals surface area contributed by atoms with Crippen molar-refractivity contribution in [3.05, 3.63) is 0 Å². The Balaban J connectivity index is 1.85. The van der Waals surface area contributed by atoms with Gasteiger partial charge in [-0.15, -0.1) is 0 Å². The first-order valence-corrected chi connectivity index (χ1v) is 7.22. The van der Waals surface area contributed by atoms with Crippen LogP contribution in [0.15, 0.2) is 0 Å². The summed E-state index contributed by atoms with van der Waals surface area (Å²) in [5.41, 5.74) is 0.648. The number of alkyl halides is 1. The molecule has 0 spiro atoms. The van der Waals surface area contributed by atoms with E-state index in [0.717, 1.165) is 6.04 Å². The van der Waals surface area contributed by atoms with Gasteiger partial charge >= 0.3 is 0 Å². The van der Waals surface area contributed by atoms with Gasteiger partial charge in [0.25, 0.3) is 0 Å². The van der Waals surface area contributed by atoms with Crippen molar-refractivity contribution >= 4 is 15.9 Å². The van der Waals surface area contributed by atoms with Crippen LogP contribution in [0.5, 0.6) is 0 Å². The SMILES string of the molecule is CN(C)CC1CCCN1CC1(CBr)CC1. The summed E-state index contributed by atoms with van der Waals surface area (Å²) in [6.45, 7) is 3.89. The molecule has 2 nitrogen and oxygen atoms in total. The van der Waals surface area contributed by atoms with E-state index >= 15 is 0 Å². The Morgan fingerprint density at radius 1 is 1.40 bits per heavy atom. The number of likely N-dealkylation sites (tertiary alicyclic amines) is 1. The fourth-order valence-corrected chi connectivity index (χ4v) is 3.41. The van der Waals surface area contributed by atoms with Crippen LogP contribution in [-0.2, 0) is 0 Å². The quantitative estimate of drug-likeness (QED) is 0.710. The molecule has 2 rings (SSSR count). The van der Waals surface area contributed by atoms with Crippen molar-refractivity contribution in [3.63, 3.8) is 0 Å². The van der Waals surface area contributed by atoms with E-state index in [0.29, 0.717) is 5.41 Å². The number of likely N-dealkylation sites (N-methyl/N-ethyl adjacent to an activating group) is 1. The van der Waals surface area contributed by atoms with Crippen LogP contribution in [0.1, 0.15) is 25.7 Å². The first kappa shape index (κ1) is 11.9. The first-order valence-electron chi connectivity index (χ1n) is 6.10. The predicted molar refractivity (Wildman–Crippen MR) is 68.6 cm³/mol. The van der Waals surface area contributed by atoms with E-state index in [9.17, 15) is 0 Å². The lowest BCUT2D eigenvalue weighted by Crippen LogP contribution is -2.40. The molecule has 0 radical (unpaired) electrons. The molecule has 0 amide bonds. The third-order valence-electron chi connectivity index (χ3n) is 3.85. The average Bonchev–Trinajstić information content (AvgIpc) is 2.84. The van der Waals surface area contributed by atoms with E-state index in [-0.39, 0.29) is 0 Å². The van der Waals surface area contributed by atoms with Gasteiger partial charge in [0.2, 0.25) is 0 Å². The van der Waals surface area contributed by atoms with E-state index in [2.05, 4.69) is 39.8 Å². The maximum absolute atomic E-state index is 3.67. The molecule has 1 aliphatic heterocycles. The van der Waals surface area contributed by atoms with Crippen molar-refractivity contribution in [2.75, 3.05) is 39.1 Å². The molecular formula is C12H23BrN2. The van der Waals surface area contributed by atoms with Gasteiger partial charge in [-0.25, -0.2) is 0 Å². The van der Waals surface area contributed by atoms with Crippen LogP contribution in [0.3, 0.4) is 0 Å². The zero-order chi connectivity index (χ0) is 10.9. The van der Waals surface area contributed by atoms with Gasteiger partial charge in [-0.2, -0.15) is 0 Å². The molecule has 1 saturated carbocycles. The molecular weight excluding hydrogens is 252 g/mol. The van der Waals surface area contributed by atoms with Crippen molar-refractivity contribution in [3.8, 4) is 0 Å². The maximum atomic E-state index is 3.67. The summed E-state index contributed by atoms with van der Waals surface area (Å²) in [5.74, 6) is 0. The number of halogens is 1. The summed E-state index contributed by atoms with van der Waals surface area (Å²) < 4.78 is 0. The van der Waals surface area contributed by atoms with Crippen LogP contribution in [0.25, 0.3) is 0 Å². The highest BCUT2D eigenvalue weighted by molar-refractivity contribution is 9.09. The van der Waals surface area contributed by atoms with Crippen molar-refractivity contribution in [1.82, 2.24) is 9.80 Å². The Morgan fingerprint density at radius 2 is 2.13 bits per heavy atom. The van der Waals surface area contributed by atoms with Gasteiger partial charge in [-0.1, -0.05) is 15.9 Å². The molecule has 1 saturated heterocycles. The maximum Gasteiger partial charge on any atom is 0.0223 e. The zero-order valence-electron chi connectivity index (χ0n) is 10.0. The molecule has 15 heavy (non-hydrogen) atoms. The van der Waals surface area contributed by atoms with E-state index in [1.165, 1.54) is 50.6 Å². The summed E-state index contributed by atoms with van der Waals surface area (Å²) in [6, 6.07) is 0.816. The Kier molecular flexibility index (Phi) is 3.74. The monoisotopic (exact) mass is 274 g/mol. The van der Waals surface area contributed by atoms with Gasteiger partial charge in [0.15, 0.2) is 0 Å². The molecule has 1 heterocycles. The van der Waals surface area contributed by atoms with Crippen LogP contribution in [0, 0.1) is 5.41 Å². The minimum absolute atomic E-state index is 0.648. The van der Waals surface area contributed by atoms with E-state index in [1.807, 2.05) is 0 Å². The Hall–Kier alpha value is 0.400. The molecule has 3 heteroatoms. The van der Waals surface area contributed by atoms with E-state index in [4.69, 9.17) is 0 Å². The minimum atomic E-state index is 0.648. The van der Waals surface area contributed by atoms with Crippen LogP contribution in [0.4, 0.5) is 0 Å². The highest BCUT2D eigenvalue weighted by atomic mass is 79.9. The lowest BCUT2D eigenvalue weighted by Gasteiger charge is -2.30. The zero-order valence-corrected chi connectivity index (χ0v) is 11.6. The van der Waals surface area contributed by atoms with Gasteiger partial charge in [-0.05, 0) is 51.7 Å². The Bertz CT molecular complexity index is 214. The van der Waals surface area contributed by atoms with Crippen molar-refractivity contribution < 1.29 is 0 Å². The number of hydrogen-bond donors (Lipinski definition) is 0. The molecule has 1 atom stereocenters. The van der Waals surface area contributed by atoms with Crippen molar-refractivity contribution in [2.45, 2.75) is 31.7 Å². The van der Waals surface area contributed by atoms with E-state index in [1.54, 1.807) is 0 Å². The van der Waals surface area contributed by atoms with Crippen LogP contribution >= 0.6 is 15.9 Å². The van der Waals surface area contributed by atoms with Gasteiger partial charge < -0.3 is 4.90 Å². The van der Waals surface area contributed by atoms with Crippen molar-refractivity contribution in [1.29, 1.82) is 0 Å². The second-order valence-electron chi connectivity index (χ2n) is 5.66. The third kappa shape index (κ3) is 2.95. The van der Waals surface area contributed by atoms with E-state index < -0.39 is 0 Å². The van der Waals surface area contributed by atoms with Gasteiger partial charge in [-0.3, -0.25) is 4.90 Å². The number of hydrogen-bond acceptors (Lipinski definition) is 2. The van der Waals surface area contributed by atoms with Gasteiger partial charge in [0.1, 0.15) is 0 Å². The highest BCUT2D eigenvalue weighted by Crippen LogP contribution is 2.48. The largest absolute Gasteiger partial charge is 0.308 e. The minimum Gasteiger partial charge on any atom is -0.308 e. The highest BCUT2D eigenvalue weighted by Gasteiger charge is 2.44. The topological polar surface area (TPSA) is 6.48 Å². The second kappa shape index (κ2) is 4.72. The normalized spacial score (nSPS) is 30.0. The summed E-state index contributed by atoms with van der Waals surface area (Å²) in [7, 11) is 4.38. The molecule has 88 valence electrons. The number of nitrogens with zero attached hydrogens (tertiary/aromatic N) is 2. The summed E-state index contributed by atoms with van der Waals surface area (Å²) in [5, 5.41) is 1.20. The van der Waals surface area contributed by atoms with Gasteiger partial charge in [0, 0.05) is 24.5 Å². The molecule has 0 N–H and O–H groups in total. The second-order valence-corrected chi connectivity index (χ2v) is 6.22. The fraction of sp³-hybridized carbons (Fsp3) is 1.00. The third-order valence-corrected chi connectivity index (χ3v) is 5.04. The molecule has 0 aromatic rings. The summed E-state index contributed by atoms with van der Waals surface area (Å²) in [6.07, 6.45) is 5.67. The standard InChI is InChI=1S/C12H23BrN2/c1-14(2)8-11-4-3-7-15(11)10-12(9-13)5-6-12/h11H,3-10H2,1-2H3. The molecule has 0 aromatic heterocycles. The molecule has 0 bridgehead atoms. The van der Waals surface area contributed by atoms with Gasteiger partial charge in [0.05, 0.1) is 0 Å². The number of rotatable bonds is 5. The Labute approximate surface area is 102 Å². The lowest BCUT2D eigenvalue weighted by atomic mass is 10.1. The molecule has 2 fully saturated rings. The molecule has 1 aliphatic carbocycles. The molecule has 1 unspecified atom stereocenters. The van der Waals surface area contributed by atoms with Crippen LogP contribution < -0.4 is 0 Å². The summed E-state index contributed by atoms with van der Waals surface area (Å²) in [4.78, 5) is 5.06. The molecule has 2 aliphatic rings. The summed E-state index contributed by atoms with van der Waals surface area (Å²) >= 11 is 3.67.